The van der Waals surface area contributed by atoms with E-state index in [9.17, 15) is 9.18 Å². The zero-order valence-electron chi connectivity index (χ0n) is 12.7. The normalized spacial score (nSPS) is 15.0. The molecule has 0 spiro atoms. The van der Waals surface area contributed by atoms with Gasteiger partial charge in [-0.2, -0.15) is 0 Å². The van der Waals surface area contributed by atoms with Gasteiger partial charge in [0.05, 0.1) is 6.04 Å². The summed E-state index contributed by atoms with van der Waals surface area (Å²) in [7, 11) is 0. The molecular formula is C19H20FNO. The van der Waals surface area contributed by atoms with Gasteiger partial charge in [-0.1, -0.05) is 18.2 Å². The van der Waals surface area contributed by atoms with Crippen molar-refractivity contribution in [2.24, 2.45) is 0 Å². The Balaban J connectivity index is 1.72. The van der Waals surface area contributed by atoms with Crippen LogP contribution in [0.2, 0.25) is 0 Å². The molecule has 0 heterocycles. The van der Waals surface area contributed by atoms with E-state index >= 15 is 0 Å². The molecule has 0 radical (unpaired) electrons. The van der Waals surface area contributed by atoms with E-state index in [2.05, 4.69) is 11.4 Å². The van der Waals surface area contributed by atoms with Crippen molar-refractivity contribution >= 4 is 5.91 Å². The largest absolute Gasteiger partial charge is 0.346 e. The van der Waals surface area contributed by atoms with E-state index in [4.69, 9.17) is 0 Å². The van der Waals surface area contributed by atoms with E-state index in [0.29, 0.717) is 5.56 Å². The van der Waals surface area contributed by atoms with E-state index < -0.39 is 0 Å². The number of aryl methyl sites for hydroxylation is 2. The smallest absolute Gasteiger partial charge is 0.251 e. The van der Waals surface area contributed by atoms with Crippen molar-refractivity contribution < 1.29 is 9.18 Å². The van der Waals surface area contributed by atoms with E-state index in [-0.39, 0.29) is 17.8 Å². The minimum Gasteiger partial charge on any atom is -0.346 e. The van der Waals surface area contributed by atoms with Crippen LogP contribution in [0.25, 0.3) is 0 Å². The molecule has 1 N–H and O–H groups in total. The molecule has 0 bridgehead atoms. The lowest BCUT2D eigenvalue weighted by molar-refractivity contribution is 0.0939. The van der Waals surface area contributed by atoms with Gasteiger partial charge in [-0.15, -0.1) is 0 Å². The highest BCUT2D eigenvalue weighted by Crippen LogP contribution is 2.22. The first-order valence-corrected chi connectivity index (χ1v) is 7.81. The van der Waals surface area contributed by atoms with Gasteiger partial charge in [0.15, 0.2) is 0 Å². The summed E-state index contributed by atoms with van der Waals surface area (Å²) >= 11 is 0. The number of carbonyl (C=O) groups is 1. The lowest BCUT2D eigenvalue weighted by atomic mass is 9.90. The molecule has 114 valence electrons. The quantitative estimate of drug-likeness (QED) is 0.904. The van der Waals surface area contributed by atoms with Crippen molar-refractivity contribution in [2.75, 3.05) is 0 Å². The molecule has 1 aliphatic rings. The van der Waals surface area contributed by atoms with Crippen LogP contribution >= 0.6 is 0 Å². The number of benzene rings is 2. The third-order valence-corrected chi connectivity index (χ3v) is 4.33. The highest BCUT2D eigenvalue weighted by molar-refractivity contribution is 5.94. The van der Waals surface area contributed by atoms with Crippen molar-refractivity contribution in [3.63, 3.8) is 0 Å². The van der Waals surface area contributed by atoms with Crippen molar-refractivity contribution in [1.29, 1.82) is 0 Å². The molecule has 1 atom stereocenters. The number of amides is 1. The zero-order valence-corrected chi connectivity index (χ0v) is 12.7. The first kappa shape index (κ1) is 14.8. The summed E-state index contributed by atoms with van der Waals surface area (Å²) in [5.41, 5.74) is 4.27. The Morgan fingerprint density at radius 3 is 2.45 bits per heavy atom. The number of carbonyl (C=O) groups excluding carboxylic acids is 1. The molecule has 3 heteroatoms. The molecule has 2 nitrogen and oxygen atoms in total. The fourth-order valence-corrected chi connectivity index (χ4v) is 2.99. The number of hydrogen-bond acceptors (Lipinski definition) is 1. The average molecular weight is 297 g/mol. The first-order chi connectivity index (χ1) is 10.6. The van der Waals surface area contributed by atoms with Crippen LogP contribution in [0.3, 0.4) is 0 Å². The molecule has 22 heavy (non-hydrogen) atoms. The van der Waals surface area contributed by atoms with E-state index in [1.807, 2.05) is 19.1 Å². The first-order valence-electron chi connectivity index (χ1n) is 7.81. The molecule has 2 aromatic carbocycles. The number of fused-ring (bicyclic) bond motifs is 1. The third-order valence-electron chi connectivity index (χ3n) is 4.33. The molecule has 2 aromatic rings. The van der Waals surface area contributed by atoms with Gasteiger partial charge in [0, 0.05) is 5.56 Å². The summed E-state index contributed by atoms with van der Waals surface area (Å²) in [5, 5.41) is 2.98. The molecule has 1 amide bonds. The average Bonchev–Trinajstić information content (AvgIpc) is 2.55. The zero-order chi connectivity index (χ0) is 15.5. The lowest BCUT2D eigenvalue weighted by Crippen LogP contribution is -2.26. The van der Waals surface area contributed by atoms with Crippen molar-refractivity contribution in [2.45, 2.75) is 38.6 Å². The Kier molecular flexibility index (Phi) is 4.23. The predicted molar refractivity (Wildman–Crippen MR) is 85.4 cm³/mol. The van der Waals surface area contributed by atoms with E-state index in [1.165, 1.54) is 36.1 Å². The Morgan fingerprint density at radius 2 is 1.73 bits per heavy atom. The summed E-state index contributed by atoms with van der Waals surface area (Å²) in [5.74, 6) is -0.345. The summed E-state index contributed by atoms with van der Waals surface area (Å²) in [6, 6.07) is 12.1. The molecule has 1 aliphatic carbocycles. The van der Waals surface area contributed by atoms with Gasteiger partial charge in [-0.05, 0) is 73.6 Å². The number of nitrogens with one attached hydrogen (secondary N) is 1. The molecule has 0 unspecified atom stereocenters. The molecule has 0 aromatic heterocycles. The fourth-order valence-electron chi connectivity index (χ4n) is 2.99. The molecule has 0 fully saturated rings. The summed E-state index contributed by atoms with van der Waals surface area (Å²) in [6.07, 6.45) is 4.61. The Labute approximate surface area is 130 Å². The van der Waals surface area contributed by atoms with Crippen LogP contribution in [0.1, 0.15) is 52.9 Å². The van der Waals surface area contributed by atoms with Crippen molar-refractivity contribution in [3.05, 3.63) is 70.5 Å². The lowest BCUT2D eigenvalue weighted by Gasteiger charge is -2.18. The topological polar surface area (TPSA) is 29.1 Å². The van der Waals surface area contributed by atoms with Gasteiger partial charge in [0.25, 0.3) is 5.91 Å². The number of hydrogen-bond donors (Lipinski definition) is 1. The SMILES string of the molecule is C[C@@H](NC(=O)c1ccc2c(c1)CCCC2)c1ccc(F)cc1. The summed E-state index contributed by atoms with van der Waals surface area (Å²) < 4.78 is 13.0. The fraction of sp³-hybridized carbons (Fsp3) is 0.316. The van der Waals surface area contributed by atoms with Crippen LogP contribution in [0.15, 0.2) is 42.5 Å². The van der Waals surface area contributed by atoms with Crippen LogP contribution < -0.4 is 5.32 Å². The van der Waals surface area contributed by atoms with Crippen LogP contribution in [-0.2, 0) is 12.8 Å². The van der Waals surface area contributed by atoms with Crippen molar-refractivity contribution in [3.8, 4) is 0 Å². The molecule has 0 saturated carbocycles. The van der Waals surface area contributed by atoms with Gasteiger partial charge >= 0.3 is 0 Å². The maximum absolute atomic E-state index is 13.0. The van der Waals surface area contributed by atoms with Crippen LogP contribution in [0.4, 0.5) is 4.39 Å². The number of halogens is 1. The highest BCUT2D eigenvalue weighted by atomic mass is 19.1. The summed E-state index contributed by atoms with van der Waals surface area (Å²) in [6.45, 7) is 1.91. The van der Waals surface area contributed by atoms with Gasteiger partial charge in [-0.3, -0.25) is 4.79 Å². The van der Waals surface area contributed by atoms with Gasteiger partial charge in [0.1, 0.15) is 5.82 Å². The van der Waals surface area contributed by atoms with Gasteiger partial charge in [-0.25, -0.2) is 4.39 Å². The van der Waals surface area contributed by atoms with Crippen LogP contribution in [0.5, 0.6) is 0 Å². The minimum absolute atomic E-state index is 0.0785. The minimum atomic E-state index is -0.267. The van der Waals surface area contributed by atoms with Gasteiger partial charge < -0.3 is 5.32 Å². The summed E-state index contributed by atoms with van der Waals surface area (Å²) in [4.78, 5) is 12.4. The number of rotatable bonds is 3. The standard InChI is InChI=1S/C19H20FNO/c1-13(14-8-10-18(20)11-9-14)21-19(22)17-7-6-15-4-2-3-5-16(15)12-17/h6-13H,2-5H2,1H3,(H,21,22)/t13-/m1/s1. The second-order valence-corrected chi connectivity index (χ2v) is 5.94. The van der Waals surface area contributed by atoms with E-state index in [0.717, 1.165) is 18.4 Å². The van der Waals surface area contributed by atoms with Crippen LogP contribution in [-0.4, -0.2) is 5.91 Å². The Hall–Kier alpha value is -2.16. The van der Waals surface area contributed by atoms with E-state index in [1.54, 1.807) is 12.1 Å². The monoisotopic (exact) mass is 297 g/mol. The highest BCUT2D eigenvalue weighted by Gasteiger charge is 2.15. The second kappa shape index (κ2) is 6.30. The molecular weight excluding hydrogens is 277 g/mol. The Morgan fingerprint density at radius 1 is 1.05 bits per heavy atom. The Bertz CT molecular complexity index is 678. The molecule has 3 rings (SSSR count). The third kappa shape index (κ3) is 3.19. The van der Waals surface area contributed by atoms with Crippen LogP contribution in [0, 0.1) is 5.82 Å². The maximum atomic E-state index is 13.0. The van der Waals surface area contributed by atoms with Gasteiger partial charge in [0.2, 0.25) is 0 Å². The predicted octanol–water partition coefficient (Wildman–Crippen LogP) is 4.20. The second-order valence-electron chi connectivity index (χ2n) is 5.94. The molecule has 0 aliphatic heterocycles. The maximum Gasteiger partial charge on any atom is 0.251 e. The molecule has 0 saturated heterocycles. The van der Waals surface area contributed by atoms with Crippen molar-refractivity contribution in [1.82, 2.24) is 5.32 Å².